The summed E-state index contributed by atoms with van der Waals surface area (Å²) in [6, 6.07) is 5.45. The Balaban J connectivity index is 1.54. The Hall–Kier alpha value is -1.62. The lowest BCUT2D eigenvalue weighted by Gasteiger charge is -2.16. The van der Waals surface area contributed by atoms with Crippen LogP contribution < -0.4 is 10.1 Å². The normalized spacial score (nSPS) is 22.3. The fourth-order valence-electron chi connectivity index (χ4n) is 2.80. The fraction of sp³-hybridized carbons (Fsp3) is 0.562. The van der Waals surface area contributed by atoms with Crippen LogP contribution in [0.15, 0.2) is 18.2 Å². The van der Waals surface area contributed by atoms with Crippen LogP contribution in [0.25, 0.3) is 0 Å². The molecule has 1 aromatic carbocycles. The molecular weight excluding hydrogens is 271 g/mol. The van der Waals surface area contributed by atoms with Crippen LogP contribution in [-0.4, -0.2) is 37.0 Å². The summed E-state index contributed by atoms with van der Waals surface area (Å²) in [5.74, 6) is 0.189. The molecule has 2 aliphatic rings. The van der Waals surface area contributed by atoms with Crippen molar-refractivity contribution < 1.29 is 13.9 Å². The first-order valence-electron chi connectivity index (χ1n) is 7.51. The van der Waals surface area contributed by atoms with Gasteiger partial charge in [0.2, 0.25) is 5.91 Å². The van der Waals surface area contributed by atoms with E-state index >= 15 is 0 Å². The lowest BCUT2D eigenvalue weighted by molar-refractivity contribution is -0.124. The third-order valence-electron chi connectivity index (χ3n) is 4.19. The van der Waals surface area contributed by atoms with E-state index in [2.05, 4.69) is 10.2 Å². The minimum Gasteiger partial charge on any atom is -0.494 e. The Morgan fingerprint density at radius 3 is 2.90 bits per heavy atom. The van der Waals surface area contributed by atoms with Gasteiger partial charge in [0.15, 0.2) is 11.6 Å². The number of halogens is 1. The van der Waals surface area contributed by atoms with E-state index in [0.717, 1.165) is 37.9 Å². The molecule has 1 heterocycles. The lowest BCUT2D eigenvalue weighted by Crippen LogP contribution is -2.34. The molecule has 1 unspecified atom stereocenters. The molecule has 5 heteroatoms. The second-order valence-corrected chi connectivity index (χ2v) is 5.97. The zero-order valence-electron chi connectivity index (χ0n) is 12.3. The minimum atomic E-state index is -0.336. The first-order chi connectivity index (χ1) is 10.2. The van der Waals surface area contributed by atoms with Gasteiger partial charge in [0.05, 0.1) is 13.0 Å². The van der Waals surface area contributed by atoms with Crippen LogP contribution in [0.5, 0.6) is 5.75 Å². The van der Waals surface area contributed by atoms with E-state index < -0.39 is 0 Å². The van der Waals surface area contributed by atoms with E-state index in [1.54, 1.807) is 6.07 Å². The molecule has 1 saturated heterocycles. The van der Waals surface area contributed by atoms with Gasteiger partial charge in [0.1, 0.15) is 0 Å². The van der Waals surface area contributed by atoms with Gasteiger partial charge in [-0.05, 0) is 43.5 Å². The van der Waals surface area contributed by atoms with Gasteiger partial charge in [-0.2, -0.15) is 0 Å². The van der Waals surface area contributed by atoms with Crippen LogP contribution in [0.4, 0.5) is 4.39 Å². The Bertz CT molecular complexity index is 531. The highest BCUT2D eigenvalue weighted by Crippen LogP contribution is 2.24. The first kappa shape index (κ1) is 14.3. The van der Waals surface area contributed by atoms with Crippen molar-refractivity contribution in [1.82, 2.24) is 10.2 Å². The number of hydrogen-bond acceptors (Lipinski definition) is 3. The average molecular weight is 292 g/mol. The molecule has 1 N–H and O–H groups in total. The van der Waals surface area contributed by atoms with Gasteiger partial charge < -0.3 is 10.1 Å². The molecule has 1 aliphatic carbocycles. The second-order valence-electron chi connectivity index (χ2n) is 5.97. The summed E-state index contributed by atoms with van der Waals surface area (Å²) >= 11 is 0. The summed E-state index contributed by atoms with van der Waals surface area (Å²) < 4.78 is 18.6. The quantitative estimate of drug-likeness (QED) is 0.901. The number of carbonyl (C=O) groups excluding carboxylic acids is 1. The zero-order chi connectivity index (χ0) is 14.8. The number of ether oxygens (including phenoxy) is 1. The zero-order valence-corrected chi connectivity index (χ0v) is 12.3. The summed E-state index contributed by atoms with van der Waals surface area (Å²) in [6.07, 6.45) is 3.12. The predicted molar refractivity (Wildman–Crippen MR) is 77.5 cm³/mol. The van der Waals surface area contributed by atoms with E-state index in [4.69, 9.17) is 4.74 Å². The molecule has 0 radical (unpaired) electrons. The van der Waals surface area contributed by atoms with Crippen LogP contribution in [0.2, 0.25) is 0 Å². The van der Waals surface area contributed by atoms with Crippen LogP contribution in [0.3, 0.4) is 0 Å². The minimum absolute atomic E-state index is 0.0775. The number of rotatable bonds is 5. The summed E-state index contributed by atoms with van der Waals surface area (Å²) in [6.45, 7) is 2.32. The van der Waals surface area contributed by atoms with Crippen LogP contribution in [0, 0.1) is 11.7 Å². The van der Waals surface area contributed by atoms with Crippen LogP contribution in [-0.2, 0) is 11.3 Å². The number of carbonyl (C=O) groups is 1. The van der Waals surface area contributed by atoms with Crippen molar-refractivity contribution in [3.8, 4) is 5.75 Å². The number of methoxy groups -OCH3 is 1. The van der Waals surface area contributed by atoms with Gasteiger partial charge in [0, 0.05) is 19.1 Å². The van der Waals surface area contributed by atoms with Gasteiger partial charge in [0.25, 0.3) is 0 Å². The molecule has 1 aromatic rings. The van der Waals surface area contributed by atoms with E-state index in [-0.39, 0.29) is 23.4 Å². The molecule has 0 aromatic heterocycles. The van der Waals surface area contributed by atoms with Crippen molar-refractivity contribution in [2.45, 2.75) is 31.8 Å². The smallest absolute Gasteiger partial charge is 0.224 e. The molecule has 0 spiro atoms. The van der Waals surface area contributed by atoms with Gasteiger partial charge in [-0.15, -0.1) is 0 Å². The van der Waals surface area contributed by atoms with Crippen molar-refractivity contribution in [2.24, 2.45) is 5.92 Å². The SMILES string of the molecule is COc1ccc(CN2CCC(C(=O)NC3CC3)C2)cc1F. The number of hydrogen-bond donors (Lipinski definition) is 1. The van der Waals surface area contributed by atoms with E-state index in [1.807, 2.05) is 6.07 Å². The van der Waals surface area contributed by atoms with E-state index in [0.29, 0.717) is 12.6 Å². The highest BCUT2D eigenvalue weighted by Gasteiger charge is 2.32. The van der Waals surface area contributed by atoms with Crippen molar-refractivity contribution in [2.75, 3.05) is 20.2 Å². The van der Waals surface area contributed by atoms with Crippen molar-refractivity contribution >= 4 is 5.91 Å². The van der Waals surface area contributed by atoms with Crippen molar-refractivity contribution in [3.63, 3.8) is 0 Å². The molecule has 114 valence electrons. The molecule has 1 amide bonds. The molecular formula is C16H21FN2O2. The summed E-state index contributed by atoms with van der Waals surface area (Å²) in [4.78, 5) is 14.2. The molecule has 1 aliphatic heterocycles. The monoisotopic (exact) mass is 292 g/mol. The van der Waals surface area contributed by atoms with Gasteiger partial charge >= 0.3 is 0 Å². The maximum absolute atomic E-state index is 13.7. The maximum Gasteiger partial charge on any atom is 0.224 e. The lowest BCUT2D eigenvalue weighted by atomic mass is 10.1. The fourth-order valence-corrected chi connectivity index (χ4v) is 2.80. The summed E-state index contributed by atoms with van der Waals surface area (Å²) in [5.41, 5.74) is 0.913. The molecule has 1 atom stereocenters. The van der Waals surface area contributed by atoms with Gasteiger partial charge in [-0.3, -0.25) is 9.69 Å². The Morgan fingerprint density at radius 2 is 2.24 bits per heavy atom. The standard InChI is InChI=1S/C16H21FN2O2/c1-21-15-5-2-11(8-14(15)17)9-19-7-6-12(10-19)16(20)18-13-3-4-13/h2,5,8,12-13H,3-4,6-7,9-10H2,1H3,(H,18,20). The van der Waals surface area contributed by atoms with Crippen molar-refractivity contribution in [3.05, 3.63) is 29.6 Å². The van der Waals surface area contributed by atoms with E-state index in [9.17, 15) is 9.18 Å². The third kappa shape index (κ3) is 3.53. The van der Waals surface area contributed by atoms with Gasteiger partial charge in [-0.1, -0.05) is 6.07 Å². The van der Waals surface area contributed by atoms with E-state index in [1.165, 1.54) is 13.2 Å². The number of amides is 1. The number of benzene rings is 1. The first-order valence-corrected chi connectivity index (χ1v) is 7.51. The molecule has 21 heavy (non-hydrogen) atoms. The molecule has 1 saturated carbocycles. The highest BCUT2D eigenvalue weighted by atomic mass is 19.1. The average Bonchev–Trinajstić information content (AvgIpc) is 3.15. The Labute approximate surface area is 124 Å². The highest BCUT2D eigenvalue weighted by molar-refractivity contribution is 5.79. The van der Waals surface area contributed by atoms with Crippen molar-refractivity contribution in [1.29, 1.82) is 0 Å². The summed E-state index contributed by atoms with van der Waals surface area (Å²) in [5, 5.41) is 3.06. The Morgan fingerprint density at radius 1 is 1.43 bits per heavy atom. The number of nitrogens with one attached hydrogen (secondary N) is 1. The molecule has 2 fully saturated rings. The Kier molecular flexibility index (Phi) is 4.10. The largest absolute Gasteiger partial charge is 0.494 e. The number of nitrogens with zero attached hydrogens (tertiary/aromatic N) is 1. The van der Waals surface area contributed by atoms with Crippen LogP contribution in [0.1, 0.15) is 24.8 Å². The second kappa shape index (κ2) is 6.02. The number of likely N-dealkylation sites (tertiary alicyclic amines) is 1. The molecule has 3 rings (SSSR count). The topological polar surface area (TPSA) is 41.6 Å². The van der Waals surface area contributed by atoms with Crippen LogP contribution >= 0.6 is 0 Å². The summed E-state index contributed by atoms with van der Waals surface area (Å²) in [7, 11) is 1.46. The van der Waals surface area contributed by atoms with Gasteiger partial charge in [-0.25, -0.2) is 4.39 Å². The predicted octanol–water partition coefficient (Wildman–Crippen LogP) is 1.93. The maximum atomic E-state index is 13.7. The third-order valence-corrected chi connectivity index (χ3v) is 4.19. The molecule has 4 nitrogen and oxygen atoms in total. The molecule has 0 bridgehead atoms.